The number of carboxylic acids is 1. The van der Waals surface area contributed by atoms with Crippen molar-refractivity contribution in [2.24, 2.45) is 0 Å². The van der Waals surface area contributed by atoms with E-state index in [1.54, 1.807) is 6.92 Å². The highest BCUT2D eigenvalue weighted by molar-refractivity contribution is 5.96. The highest BCUT2D eigenvalue weighted by Crippen LogP contribution is 2.14. The predicted octanol–water partition coefficient (Wildman–Crippen LogP) is 1.90. The third kappa shape index (κ3) is 3.26. The molecule has 0 aliphatic carbocycles. The molecule has 0 radical (unpaired) electrons. The lowest BCUT2D eigenvalue weighted by Crippen LogP contribution is -2.36. The van der Waals surface area contributed by atoms with Gasteiger partial charge in [-0.1, -0.05) is 13.0 Å². The lowest BCUT2D eigenvalue weighted by Gasteiger charge is -2.20. The van der Waals surface area contributed by atoms with Gasteiger partial charge in [-0.05, 0) is 18.6 Å². The molecule has 0 unspecified atom stereocenters. The van der Waals surface area contributed by atoms with Gasteiger partial charge in [0.1, 0.15) is 6.54 Å². The van der Waals surface area contributed by atoms with Crippen LogP contribution < -0.4 is 0 Å². The summed E-state index contributed by atoms with van der Waals surface area (Å²) in [6, 6.07) is 3.23. The molecule has 0 saturated heterocycles. The summed E-state index contributed by atoms with van der Waals surface area (Å²) in [6.45, 7) is 1.38. The summed E-state index contributed by atoms with van der Waals surface area (Å²) in [6.07, 6.45) is 0.524. The first kappa shape index (κ1) is 14.1. The van der Waals surface area contributed by atoms with E-state index in [2.05, 4.69) is 0 Å². The smallest absolute Gasteiger partial charge is 0.323 e. The minimum absolute atomic E-state index is 0.168. The van der Waals surface area contributed by atoms with Crippen LogP contribution >= 0.6 is 0 Å². The normalized spacial score (nSPS) is 10.2. The van der Waals surface area contributed by atoms with Crippen LogP contribution in [0.15, 0.2) is 18.2 Å². The molecular weight excluding hydrogens is 244 g/mol. The molecule has 0 aliphatic heterocycles. The fourth-order valence-corrected chi connectivity index (χ4v) is 1.52. The van der Waals surface area contributed by atoms with Crippen molar-refractivity contribution in [2.75, 3.05) is 13.1 Å². The van der Waals surface area contributed by atoms with Crippen molar-refractivity contribution >= 4 is 11.9 Å². The van der Waals surface area contributed by atoms with Gasteiger partial charge in [-0.2, -0.15) is 0 Å². The molecule has 18 heavy (non-hydrogen) atoms. The second-order valence-corrected chi connectivity index (χ2v) is 3.72. The highest BCUT2D eigenvalue weighted by atomic mass is 19.2. The molecule has 0 spiro atoms. The topological polar surface area (TPSA) is 57.6 Å². The summed E-state index contributed by atoms with van der Waals surface area (Å²) in [4.78, 5) is 23.5. The quantitative estimate of drug-likeness (QED) is 0.876. The molecule has 0 fully saturated rings. The summed E-state index contributed by atoms with van der Waals surface area (Å²) in [5.41, 5.74) is -0.454. The Kier molecular flexibility index (Phi) is 4.76. The number of aliphatic carboxylic acids is 1. The van der Waals surface area contributed by atoms with Gasteiger partial charge in [0.05, 0.1) is 5.56 Å². The second-order valence-electron chi connectivity index (χ2n) is 3.72. The number of rotatable bonds is 5. The summed E-state index contributed by atoms with van der Waals surface area (Å²) in [5.74, 6) is -4.41. The average Bonchev–Trinajstić information content (AvgIpc) is 2.31. The predicted molar refractivity (Wildman–Crippen MR) is 60.2 cm³/mol. The number of amides is 1. The zero-order chi connectivity index (χ0) is 13.7. The van der Waals surface area contributed by atoms with Crippen molar-refractivity contribution in [3.63, 3.8) is 0 Å². The molecule has 0 aromatic heterocycles. The number of carbonyl (C=O) groups is 2. The van der Waals surface area contributed by atoms with Crippen LogP contribution in [0, 0.1) is 11.6 Å². The van der Waals surface area contributed by atoms with Crippen molar-refractivity contribution in [1.29, 1.82) is 0 Å². The molecule has 1 amide bonds. The van der Waals surface area contributed by atoms with E-state index in [-0.39, 0.29) is 6.54 Å². The van der Waals surface area contributed by atoms with Gasteiger partial charge in [0.25, 0.3) is 5.91 Å². The molecule has 1 N–H and O–H groups in total. The fourth-order valence-electron chi connectivity index (χ4n) is 1.52. The Morgan fingerprint density at radius 3 is 2.56 bits per heavy atom. The Hall–Kier alpha value is -1.98. The van der Waals surface area contributed by atoms with E-state index in [1.807, 2.05) is 0 Å². The van der Waals surface area contributed by atoms with Crippen molar-refractivity contribution < 1.29 is 23.5 Å². The van der Waals surface area contributed by atoms with Crippen LogP contribution in [0.4, 0.5) is 8.78 Å². The average molecular weight is 257 g/mol. The van der Waals surface area contributed by atoms with Crippen molar-refractivity contribution in [1.82, 2.24) is 4.90 Å². The molecular formula is C12H13F2NO3. The second kappa shape index (κ2) is 6.09. The zero-order valence-electron chi connectivity index (χ0n) is 9.82. The number of halogens is 2. The van der Waals surface area contributed by atoms with Gasteiger partial charge < -0.3 is 10.0 Å². The van der Waals surface area contributed by atoms with Crippen LogP contribution in [0.1, 0.15) is 23.7 Å². The molecule has 6 heteroatoms. The Morgan fingerprint density at radius 2 is 2.00 bits per heavy atom. The van der Waals surface area contributed by atoms with Crippen LogP contribution in [0.5, 0.6) is 0 Å². The Bertz CT molecular complexity index is 463. The maximum atomic E-state index is 13.4. The molecule has 0 saturated carbocycles. The van der Waals surface area contributed by atoms with Gasteiger partial charge in [-0.25, -0.2) is 8.78 Å². The zero-order valence-corrected chi connectivity index (χ0v) is 9.82. The number of benzene rings is 1. The third-order valence-electron chi connectivity index (χ3n) is 2.29. The van der Waals surface area contributed by atoms with Gasteiger partial charge in [0, 0.05) is 6.54 Å². The number of carbonyl (C=O) groups excluding carboxylic acids is 1. The summed E-state index contributed by atoms with van der Waals surface area (Å²) >= 11 is 0. The first-order valence-corrected chi connectivity index (χ1v) is 5.42. The number of hydrogen-bond donors (Lipinski definition) is 1. The van der Waals surface area contributed by atoms with Crippen LogP contribution in [0.3, 0.4) is 0 Å². The van der Waals surface area contributed by atoms with E-state index in [1.165, 1.54) is 6.07 Å². The molecule has 1 rings (SSSR count). The maximum absolute atomic E-state index is 13.4. The number of nitrogens with zero attached hydrogens (tertiary/aromatic N) is 1. The monoisotopic (exact) mass is 257 g/mol. The molecule has 0 bridgehead atoms. The third-order valence-corrected chi connectivity index (χ3v) is 2.29. The molecule has 0 atom stereocenters. The van der Waals surface area contributed by atoms with Crippen LogP contribution in [0.2, 0.25) is 0 Å². The number of hydrogen-bond acceptors (Lipinski definition) is 2. The SMILES string of the molecule is CCCN(CC(=O)O)C(=O)c1cccc(F)c1F. The standard InChI is InChI=1S/C12H13F2NO3/c1-2-6-15(7-10(16)17)12(18)8-4-3-5-9(13)11(8)14/h3-5H,2,6-7H2,1H3,(H,16,17). The van der Waals surface area contributed by atoms with Gasteiger partial charge in [-0.3, -0.25) is 9.59 Å². The largest absolute Gasteiger partial charge is 0.480 e. The van der Waals surface area contributed by atoms with E-state index >= 15 is 0 Å². The molecule has 98 valence electrons. The van der Waals surface area contributed by atoms with Gasteiger partial charge in [-0.15, -0.1) is 0 Å². The molecule has 1 aromatic carbocycles. The van der Waals surface area contributed by atoms with Crippen molar-refractivity contribution in [3.8, 4) is 0 Å². The first-order valence-electron chi connectivity index (χ1n) is 5.42. The number of carboxylic acid groups (broad SMARTS) is 1. The van der Waals surface area contributed by atoms with E-state index in [9.17, 15) is 18.4 Å². The minimum Gasteiger partial charge on any atom is -0.480 e. The Morgan fingerprint density at radius 1 is 1.33 bits per heavy atom. The first-order chi connectivity index (χ1) is 8.47. The summed E-state index contributed by atoms with van der Waals surface area (Å²) in [5, 5.41) is 8.67. The lowest BCUT2D eigenvalue weighted by atomic mass is 10.1. The summed E-state index contributed by atoms with van der Waals surface area (Å²) in [7, 11) is 0. The van der Waals surface area contributed by atoms with Crippen LogP contribution in [-0.2, 0) is 4.79 Å². The van der Waals surface area contributed by atoms with E-state index in [4.69, 9.17) is 5.11 Å². The highest BCUT2D eigenvalue weighted by Gasteiger charge is 2.22. The summed E-state index contributed by atoms with van der Waals surface area (Å²) < 4.78 is 26.4. The van der Waals surface area contributed by atoms with Crippen LogP contribution in [-0.4, -0.2) is 35.0 Å². The van der Waals surface area contributed by atoms with Crippen molar-refractivity contribution in [2.45, 2.75) is 13.3 Å². The maximum Gasteiger partial charge on any atom is 0.323 e. The fraction of sp³-hybridized carbons (Fsp3) is 0.333. The van der Waals surface area contributed by atoms with Gasteiger partial charge in [0.15, 0.2) is 11.6 Å². The van der Waals surface area contributed by atoms with E-state index in [0.29, 0.717) is 6.42 Å². The molecule has 1 aromatic rings. The van der Waals surface area contributed by atoms with Gasteiger partial charge in [0.2, 0.25) is 0 Å². The molecule has 0 heterocycles. The minimum atomic E-state index is -1.26. The molecule has 0 aliphatic rings. The van der Waals surface area contributed by atoms with Crippen LogP contribution in [0.25, 0.3) is 0 Å². The van der Waals surface area contributed by atoms with E-state index < -0.39 is 35.6 Å². The Balaban J connectivity index is 3.01. The lowest BCUT2D eigenvalue weighted by molar-refractivity contribution is -0.137. The van der Waals surface area contributed by atoms with E-state index in [0.717, 1.165) is 17.0 Å². The molecule has 4 nitrogen and oxygen atoms in total. The van der Waals surface area contributed by atoms with Gasteiger partial charge >= 0.3 is 5.97 Å². The Labute approximate surface area is 103 Å². The van der Waals surface area contributed by atoms with Crippen molar-refractivity contribution in [3.05, 3.63) is 35.4 Å².